The van der Waals surface area contributed by atoms with Crippen molar-refractivity contribution >= 4 is 5.97 Å². The fraction of sp³-hybridized carbons (Fsp3) is 0.800. The molecule has 0 spiro atoms. The first-order chi connectivity index (χ1) is 8.40. The Morgan fingerprint density at radius 3 is 2.17 bits per heavy atom. The second-order valence-corrected chi connectivity index (χ2v) is 5.34. The maximum absolute atomic E-state index is 11.8. The molecule has 0 aliphatic carbocycles. The second kappa shape index (κ2) is 9.15. The smallest absolute Gasteiger partial charge is 0.312 e. The molecule has 0 fully saturated rings. The van der Waals surface area contributed by atoms with Gasteiger partial charge in [-0.15, -0.1) is 0 Å². The van der Waals surface area contributed by atoms with Crippen LogP contribution in [0.15, 0.2) is 12.2 Å². The summed E-state index contributed by atoms with van der Waals surface area (Å²) in [6.07, 6.45) is 6.48. The number of ether oxygens (including phenoxy) is 1. The lowest BCUT2D eigenvalue weighted by Crippen LogP contribution is -2.22. The minimum absolute atomic E-state index is 0.0217. The van der Waals surface area contributed by atoms with Crippen LogP contribution in [0.3, 0.4) is 0 Å². The molecule has 2 unspecified atom stereocenters. The lowest BCUT2D eigenvalue weighted by Gasteiger charge is -2.16. The van der Waals surface area contributed by atoms with Crippen LogP contribution in [0.1, 0.15) is 53.9 Å². The zero-order valence-corrected chi connectivity index (χ0v) is 12.5. The Morgan fingerprint density at radius 1 is 1.17 bits per heavy atom. The molecule has 0 aromatic rings. The van der Waals surface area contributed by atoms with Crippen LogP contribution in [0, 0.1) is 11.8 Å². The molecular formula is C15H29NO2. The standard InChI is InChI=1S/C15H29NO2/c1-6-14(7-2)18-15(17)12(5)8-9-13(16)10-11(3)4/h8-9,11-14H,6-7,10,16H2,1-5H3/b9-8+. The summed E-state index contributed by atoms with van der Waals surface area (Å²) in [6.45, 7) is 10.2. The number of carbonyl (C=O) groups is 1. The monoisotopic (exact) mass is 255 g/mol. The molecule has 2 atom stereocenters. The number of nitrogens with two attached hydrogens (primary N) is 1. The molecule has 3 nitrogen and oxygen atoms in total. The molecule has 106 valence electrons. The quantitative estimate of drug-likeness (QED) is 0.535. The highest BCUT2D eigenvalue weighted by molar-refractivity contribution is 5.74. The van der Waals surface area contributed by atoms with Crippen LogP contribution < -0.4 is 5.73 Å². The van der Waals surface area contributed by atoms with Gasteiger partial charge in [-0.2, -0.15) is 0 Å². The molecule has 0 bridgehead atoms. The SMILES string of the molecule is CCC(CC)OC(=O)C(C)/C=C/C(N)CC(C)C. The Hall–Kier alpha value is -0.830. The Morgan fingerprint density at radius 2 is 1.72 bits per heavy atom. The molecule has 3 heteroatoms. The number of esters is 1. The van der Waals surface area contributed by atoms with Crippen LogP contribution >= 0.6 is 0 Å². The molecule has 2 N–H and O–H groups in total. The van der Waals surface area contributed by atoms with Gasteiger partial charge in [-0.25, -0.2) is 0 Å². The Bertz CT molecular complexity index is 257. The summed E-state index contributed by atoms with van der Waals surface area (Å²) in [5, 5.41) is 0. The van der Waals surface area contributed by atoms with Gasteiger partial charge in [-0.1, -0.05) is 39.8 Å². The predicted molar refractivity (Wildman–Crippen MR) is 76.2 cm³/mol. The Kier molecular flexibility index (Phi) is 8.73. The highest BCUT2D eigenvalue weighted by Crippen LogP contribution is 2.10. The van der Waals surface area contributed by atoms with Gasteiger partial charge in [-0.3, -0.25) is 4.79 Å². The van der Waals surface area contributed by atoms with E-state index in [-0.39, 0.29) is 24.0 Å². The average molecular weight is 255 g/mol. The molecule has 0 saturated heterocycles. The minimum atomic E-state index is -0.219. The molecule has 0 aliphatic heterocycles. The predicted octanol–water partition coefficient (Wildman–Crippen LogP) is 3.28. The fourth-order valence-corrected chi connectivity index (χ4v) is 1.74. The summed E-state index contributed by atoms with van der Waals surface area (Å²) < 4.78 is 5.39. The normalized spacial score (nSPS) is 15.3. The van der Waals surface area contributed by atoms with E-state index in [1.807, 2.05) is 32.9 Å². The summed E-state index contributed by atoms with van der Waals surface area (Å²) >= 11 is 0. The zero-order valence-electron chi connectivity index (χ0n) is 12.5. The first kappa shape index (κ1) is 17.2. The van der Waals surface area contributed by atoms with Gasteiger partial charge in [0.1, 0.15) is 6.10 Å². The van der Waals surface area contributed by atoms with Crippen molar-refractivity contribution in [2.75, 3.05) is 0 Å². The van der Waals surface area contributed by atoms with Gasteiger partial charge in [0.2, 0.25) is 0 Å². The summed E-state index contributed by atoms with van der Waals surface area (Å²) in [6, 6.07) is 0.0217. The van der Waals surface area contributed by atoms with E-state index in [1.165, 1.54) is 0 Å². The molecule has 0 rings (SSSR count). The molecular weight excluding hydrogens is 226 g/mol. The van der Waals surface area contributed by atoms with E-state index in [4.69, 9.17) is 10.5 Å². The second-order valence-electron chi connectivity index (χ2n) is 5.34. The molecule has 0 aliphatic rings. The van der Waals surface area contributed by atoms with Crippen LogP contribution in [-0.2, 0) is 9.53 Å². The largest absolute Gasteiger partial charge is 0.462 e. The van der Waals surface area contributed by atoms with Crippen molar-refractivity contribution in [3.63, 3.8) is 0 Å². The zero-order chi connectivity index (χ0) is 14.1. The third-order valence-electron chi connectivity index (χ3n) is 2.96. The van der Waals surface area contributed by atoms with Crippen LogP contribution in [-0.4, -0.2) is 18.1 Å². The van der Waals surface area contributed by atoms with E-state index in [2.05, 4.69) is 13.8 Å². The Balaban J connectivity index is 4.18. The van der Waals surface area contributed by atoms with Gasteiger partial charge in [0.15, 0.2) is 0 Å². The summed E-state index contributed by atoms with van der Waals surface area (Å²) in [7, 11) is 0. The third kappa shape index (κ3) is 7.49. The van der Waals surface area contributed by atoms with E-state index in [0.717, 1.165) is 19.3 Å². The maximum atomic E-state index is 11.8. The Labute approximate surface area is 112 Å². The average Bonchev–Trinajstić information content (AvgIpc) is 2.31. The molecule has 0 heterocycles. The summed E-state index contributed by atoms with van der Waals surface area (Å²) in [5.74, 6) is 0.192. The van der Waals surface area contributed by atoms with Crippen molar-refractivity contribution < 1.29 is 9.53 Å². The van der Waals surface area contributed by atoms with E-state index >= 15 is 0 Å². The van der Waals surface area contributed by atoms with Gasteiger partial charge >= 0.3 is 5.97 Å². The van der Waals surface area contributed by atoms with Crippen molar-refractivity contribution in [3.05, 3.63) is 12.2 Å². The van der Waals surface area contributed by atoms with Crippen molar-refractivity contribution in [1.29, 1.82) is 0 Å². The van der Waals surface area contributed by atoms with Crippen LogP contribution in [0.4, 0.5) is 0 Å². The van der Waals surface area contributed by atoms with Gasteiger partial charge in [0.25, 0.3) is 0 Å². The summed E-state index contributed by atoms with van der Waals surface area (Å²) in [5.41, 5.74) is 5.94. The third-order valence-corrected chi connectivity index (χ3v) is 2.96. The van der Waals surface area contributed by atoms with Gasteiger partial charge in [0.05, 0.1) is 5.92 Å². The molecule has 18 heavy (non-hydrogen) atoms. The molecule has 0 aromatic carbocycles. The van der Waals surface area contributed by atoms with Crippen LogP contribution in [0.2, 0.25) is 0 Å². The lowest BCUT2D eigenvalue weighted by molar-refractivity contribution is -0.152. The van der Waals surface area contributed by atoms with Gasteiger partial charge in [-0.05, 0) is 32.1 Å². The molecule has 0 aromatic heterocycles. The van der Waals surface area contributed by atoms with E-state index in [0.29, 0.717) is 5.92 Å². The van der Waals surface area contributed by atoms with E-state index in [9.17, 15) is 4.79 Å². The van der Waals surface area contributed by atoms with Gasteiger partial charge < -0.3 is 10.5 Å². The van der Waals surface area contributed by atoms with Crippen molar-refractivity contribution in [2.45, 2.75) is 66.0 Å². The number of rotatable bonds is 8. The highest BCUT2D eigenvalue weighted by Gasteiger charge is 2.15. The number of hydrogen-bond donors (Lipinski definition) is 1. The van der Waals surface area contributed by atoms with E-state index < -0.39 is 0 Å². The van der Waals surface area contributed by atoms with Crippen LogP contribution in [0.25, 0.3) is 0 Å². The molecule has 0 saturated carbocycles. The van der Waals surface area contributed by atoms with Crippen LogP contribution in [0.5, 0.6) is 0 Å². The lowest BCUT2D eigenvalue weighted by atomic mass is 10.0. The van der Waals surface area contributed by atoms with Gasteiger partial charge in [0, 0.05) is 6.04 Å². The fourth-order valence-electron chi connectivity index (χ4n) is 1.74. The molecule has 0 amide bonds. The molecule has 0 radical (unpaired) electrons. The van der Waals surface area contributed by atoms with Crippen molar-refractivity contribution in [1.82, 2.24) is 0 Å². The van der Waals surface area contributed by atoms with Crippen molar-refractivity contribution in [3.8, 4) is 0 Å². The summed E-state index contributed by atoms with van der Waals surface area (Å²) in [4.78, 5) is 11.8. The number of hydrogen-bond acceptors (Lipinski definition) is 3. The maximum Gasteiger partial charge on any atom is 0.312 e. The topological polar surface area (TPSA) is 52.3 Å². The first-order valence-electron chi connectivity index (χ1n) is 7.05. The first-order valence-corrected chi connectivity index (χ1v) is 7.05. The minimum Gasteiger partial charge on any atom is -0.462 e. The highest BCUT2D eigenvalue weighted by atomic mass is 16.5. The number of carbonyl (C=O) groups excluding carboxylic acids is 1. The van der Waals surface area contributed by atoms with Crippen molar-refractivity contribution in [2.24, 2.45) is 17.6 Å². The van der Waals surface area contributed by atoms with E-state index in [1.54, 1.807) is 0 Å².